The predicted octanol–water partition coefficient (Wildman–Crippen LogP) is 4.68. The fourth-order valence-corrected chi connectivity index (χ4v) is 4.43. The molecule has 3 rings (SSSR count). The Kier molecular flexibility index (Phi) is 12.2. The zero-order chi connectivity index (χ0) is 31.3. The first kappa shape index (κ1) is 35.0. The predicted molar refractivity (Wildman–Crippen MR) is 150 cm³/mol. The molecule has 1 aliphatic heterocycles. The van der Waals surface area contributed by atoms with E-state index in [4.69, 9.17) is 9.47 Å². The number of hydrogen-bond acceptors (Lipinski definition) is 7. The molecule has 4 amide bonds. The van der Waals surface area contributed by atoms with Crippen LogP contribution in [0.1, 0.15) is 11.1 Å². The van der Waals surface area contributed by atoms with Gasteiger partial charge in [-0.25, -0.2) is 24.5 Å². The van der Waals surface area contributed by atoms with Crippen LogP contribution in [0.5, 0.6) is 0 Å². The van der Waals surface area contributed by atoms with E-state index in [9.17, 15) is 41.0 Å². The maximum atomic E-state index is 12.8. The summed E-state index contributed by atoms with van der Waals surface area (Å²) in [6, 6.07) is 0.343. The number of halogens is 8. The second-order valence-corrected chi connectivity index (χ2v) is 10.6. The molecule has 1 fully saturated rings. The van der Waals surface area contributed by atoms with Crippen LogP contribution in [0.25, 0.3) is 0 Å². The number of carbonyl (C=O) groups is 2. The van der Waals surface area contributed by atoms with E-state index in [2.05, 4.69) is 15.3 Å². The monoisotopic (exact) mass is 820 g/mol. The molecule has 19 heteroatoms. The Hall–Kier alpha value is -2.24. The fourth-order valence-electron chi connectivity index (χ4n) is 3.22. The molecule has 0 spiro atoms. The summed E-state index contributed by atoms with van der Waals surface area (Å²) in [6.45, 7) is 0.128. The number of alkyl halides is 6. The van der Waals surface area contributed by atoms with Gasteiger partial charge in [0.25, 0.3) is 0 Å². The van der Waals surface area contributed by atoms with Gasteiger partial charge in [0.15, 0.2) is 12.5 Å². The number of urea groups is 2. The quantitative estimate of drug-likeness (QED) is 0.247. The number of nitrogens with one attached hydrogen (secondary N) is 1. The average molecular weight is 820 g/mol. The van der Waals surface area contributed by atoms with Crippen LogP contribution in [0.3, 0.4) is 0 Å². The van der Waals surface area contributed by atoms with Crippen LogP contribution < -0.4 is 10.2 Å². The highest BCUT2D eigenvalue weighted by atomic mass is 127. The van der Waals surface area contributed by atoms with Crippen molar-refractivity contribution in [3.05, 3.63) is 42.8 Å². The normalized spacial score (nSPS) is 15.7. The Bertz CT molecular complexity index is 1230. The van der Waals surface area contributed by atoms with Gasteiger partial charge in [0.1, 0.15) is 11.6 Å². The summed E-state index contributed by atoms with van der Waals surface area (Å²) in [4.78, 5) is 34.4. The van der Waals surface area contributed by atoms with Gasteiger partial charge in [0, 0.05) is 47.8 Å². The van der Waals surface area contributed by atoms with Crippen molar-refractivity contribution in [2.24, 2.45) is 0 Å². The van der Waals surface area contributed by atoms with Gasteiger partial charge in [-0.3, -0.25) is 5.32 Å². The lowest BCUT2D eigenvalue weighted by molar-refractivity contribution is -0.139. The van der Waals surface area contributed by atoms with Crippen molar-refractivity contribution < 1.29 is 50.5 Å². The van der Waals surface area contributed by atoms with Gasteiger partial charge in [-0.2, -0.15) is 26.3 Å². The third-order valence-electron chi connectivity index (χ3n) is 5.35. The Labute approximate surface area is 257 Å². The standard InChI is InChI=1S/C12H15F3IN3O3.C10H9F3IN3O2/c1-19(6-10(21-2)22-3)11(20)18-9-4-7(12(13,14)15)8(16)5-17-9;1-16-4-8(18)17(9(16)19)7-2-5(10(11,12)13)6(14)3-15-7/h4-5,10H,6H2,1-3H3,(H,17,18,20);2-3,8,18H,4H2,1H3. The molecule has 3 heterocycles. The first-order valence-corrected chi connectivity index (χ1v) is 13.3. The number of hydrogen-bond donors (Lipinski definition) is 2. The molecule has 228 valence electrons. The van der Waals surface area contributed by atoms with Crippen molar-refractivity contribution >= 4 is 68.9 Å². The van der Waals surface area contributed by atoms with Gasteiger partial charge in [-0.15, -0.1) is 0 Å². The number of carbonyl (C=O) groups excluding carboxylic acids is 2. The van der Waals surface area contributed by atoms with E-state index in [1.807, 2.05) is 0 Å². The van der Waals surface area contributed by atoms with Crippen LogP contribution in [0.4, 0.5) is 47.6 Å². The van der Waals surface area contributed by atoms with Gasteiger partial charge < -0.3 is 24.4 Å². The summed E-state index contributed by atoms with van der Waals surface area (Å²) in [6.07, 6.45) is -8.81. The molecule has 2 aromatic rings. The second-order valence-electron chi connectivity index (χ2n) is 8.29. The van der Waals surface area contributed by atoms with Gasteiger partial charge >= 0.3 is 24.4 Å². The number of rotatable bonds is 6. The van der Waals surface area contributed by atoms with E-state index < -0.39 is 48.1 Å². The Morgan fingerprint density at radius 3 is 2.07 bits per heavy atom. The van der Waals surface area contributed by atoms with Crippen molar-refractivity contribution in [2.75, 3.05) is 51.6 Å². The number of amides is 4. The van der Waals surface area contributed by atoms with Crippen LogP contribution in [0, 0.1) is 7.14 Å². The van der Waals surface area contributed by atoms with Gasteiger partial charge in [-0.1, -0.05) is 0 Å². The molecule has 1 unspecified atom stereocenters. The molecule has 2 aromatic heterocycles. The molecule has 41 heavy (non-hydrogen) atoms. The number of β-amino-alcohol motifs (C(OH)–C–C–N with tert-alkyl or cyclic N) is 1. The Balaban J connectivity index is 0.000000289. The van der Waals surface area contributed by atoms with Crippen molar-refractivity contribution in [1.82, 2.24) is 19.8 Å². The first-order chi connectivity index (χ1) is 18.9. The molecule has 0 aliphatic carbocycles. The van der Waals surface area contributed by atoms with Crippen LogP contribution in [-0.2, 0) is 21.8 Å². The number of methoxy groups -OCH3 is 2. The maximum absolute atomic E-state index is 12.8. The van der Waals surface area contributed by atoms with Crippen molar-refractivity contribution in [3.63, 3.8) is 0 Å². The van der Waals surface area contributed by atoms with Gasteiger partial charge in [0.2, 0.25) is 0 Å². The molecular formula is C22H24F6I2N6O5. The SMILES string of the molecule is CN1CC(O)N(c2cc(C(F)(F)F)c(I)cn2)C1=O.COC(CN(C)C(=O)Nc1cc(C(F)(F)F)c(I)cn1)OC. The van der Waals surface area contributed by atoms with E-state index in [-0.39, 0.29) is 31.9 Å². The second kappa shape index (κ2) is 14.3. The summed E-state index contributed by atoms with van der Waals surface area (Å²) >= 11 is 3.06. The zero-order valence-electron chi connectivity index (χ0n) is 21.7. The van der Waals surface area contributed by atoms with Gasteiger partial charge in [0.05, 0.1) is 24.2 Å². The van der Waals surface area contributed by atoms with E-state index >= 15 is 0 Å². The number of aliphatic hydroxyl groups excluding tert-OH is 1. The molecule has 2 N–H and O–H groups in total. The molecule has 1 atom stereocenters. The number of pyridine rings is 2. The Morgan fingerprint density at radius 2 is 1.61 bits per heavy atom. The fraction of sp³-hybridized carbons (Fsp3) is 0.455. The number of ether oxygens (including phenoxy) is 2. The lowest BCUT2D eigenvalue weighted by Gasteiger charge is -2.22. The molecule has 0 radical (unpaired) electrons. The molecule has 1 saturated heterocycles. The van der Waals surface area contributed by atoms with Crippen LogP contribution in [-0.4, -0.2) is 90.9 Å². The van der Waals surface area contributed by atoms with Crippen LogP contribution in [0.2, 0.25) is 0 Å². The van der Waals surface area contributed by atoms with Crippen molar-refractivity contribution in [1.29, 1.82) is 0 Å². The number of anilines is 2. The summed E-state index contributed by atoms with van der Waals surface area (Å²) in [5, 5.41) is 12.0. The summed E-state index contributed by atoms with van der Waals surface area (Å²) < 4.78 is 86.5. The van der Waals surface area contributed by atoms with Crippen molar-refractivity contribution in [2.45, 2.75) is 24.9 Å². The lowest BCUT2D eigenvalue weighted by atomic mass is 10.2. The summed E-state index contributed by atoms with van der Waals surface area (Å²) in [5.74, 6) is -0.398. The van der Waals surface area contributed by atoms with E-state index in [1.165, 1.54) is 83.3 Å². The minimum atomic E-state index is -4.53. The molecule has 1 aliphatic rings. The third-order valence-corrected chi connectivity index (χ3v) is 7.07. The molecule has 0 aromatic carbocycles. The molecule has 0 saturated carbocycles. The molecular weight excluding hydrogens is 796 g/mol. The molecule has 0 bridgehead atoms. The number of aromatic nitrogens is 2. The Morgan fingerprint density at radius 1 is 1.10 bits per heavy atom. The van der Waals surface area contributed by atoms with E-state index in [0.717, 1.165) is 29.4 Å². The number of likely N-dealkylation sites (N-methyl/N-ethyl adjacent to an activating group) is 2. The minimum absolute atomic E-state index is 0.0217. The smallest absolute Gasteiger partial charge is 0.371 e. The lowest BCUT2D eigenvalue weighted by Crippen LogP contribution is -2.38. The van der Waals surface area contributed by atoms with E-state index in [1.54, 1.807) is 0 Å². The topological polar surface area (TPSA) is 120 Å². The minimum Gasteiger partial charge on any atom is -0.371 e. The number of nitrogens with zero attached hydrogens (tertiary/aromatic N) is 5. The van der Waals surface area contributed by atoms with Gasteiger partial charge in [-0.05, 0) is 57.3 Å². The average Bonchev–Trinajstić information content (AvgIpc) is 3.13. The highest BCUT2D eigenvalue weighted by Crippen LogP contribution is 2.35. The largest absolute Gasteiger partial charge is 0.417 e. The summed E-state index contributed by atoms with van der Waals surface area (Å²) in [5.41, 5.74) is -1.74. The van der Waals surface area contributed by atoms with Crippen molar-refractivity contribution in [3.8, 4) is 0 Å². The maximum Gasteiger partial charge on any atom is 0.417 e. The first-order valence-electron chi connectivity index (χ1n) is 11.2. The third kappa shape index (κ3) is 9.38. The highest BCUT2D eigenvalue weighted by Gasteiger charge is 2.39. The van der Waals surface area contributed by atoms with E-state index in [0.29, 0.717) is 0 Å². The van der Waals surface area contributed by atoms with Crippen LogP contribution in [0.15, 0.2) is 24.5 Å². The highest BCUT2D eigenvalue weighted by molar-refractivity contribution is 14.1. The summed E-state index contributed by atoms with van der Waals surface area (Å²) in [7, 11) is 5.73. The molecule has 11 nitrogen and oxygen atoms in total. The zero-order valence-corrected chi connectivity index (χ0v) is 26.0. The number of aliphatic hydroxyl groups is 1. The van der Waals surface area contributed by atoms with Crippen LogP contribution >= 0.6 is 45.2 Å².